The Morgan fingerprint density at radius 1 is 0.880 bits per heavy atom. The van der Waals surface area contributed by atoms with Gasteiger partial charge in [0.15, 0.2) is 15.7 Å². The number of ether oxygens (including phenoxy) is 1. The summed E-state index contributed by atoms with van der Waals surface area (Å²) in [5.74, 6) is -5.71. The maximum atomic E-state index is 15.9. The lowest BCUT2D eigenvalue weighted by Gasteiger charge is -2.31. The summed E-state index contributed by atoms with van der Waals surface area (Å²) in [5, 5.41) is 1.52. The van der Waals surface area contributed by atoms with Crippen LogP contribution < -0.4 is 10.2 Å². The monoisotopic (exact) mass is 812 g/mol. The number of rotatable bonds is 9. The van der Waals surface area contributed by atoms with Crippen molar-refractivity contribution in [3.63, 3.8) is 0 Å². The fraction of sp³-hybridized carbons (Fsp3) is 0.276. The lowest BCUT2D eigenvalue weighted by Crippen LogP contribution is -2.50. The van der Waals surface area contributed by atoms with Gasteiger partial charge in [-0.1, -0.05) is 6.07 Å². The molecule has 0 atom stereocenters. The molecular formula is C29H20BrF11N2O6S. The zero-order valence-electron chi connectivity index (χ0n) is 25.0. The number of nitrogens with zero attached hydrogens (tertiary/aromatic N) is 1. The SMILES string of the molecule is CCOC(=O)CN(C(=O)c1ccc(S(C)(=O)=O)cc1)c1cccc(C(=O)Nc2c(Br)cc(C(F)(C(F)(F)F)C(F)(F)F)cc2C(F)(F)F)c1F. The molecule has 0 heterocycles. The van der Waals surface area contributed by atoms with Crippen LogP contribution in [-0.2, 0) is 31.2 Å². The number of alkyl halides is 10. The highest BCUT2D eigenvalue weighted by Crippen LogP contribution is 2.55. The van der Waals surface area contributed by atoms with E-state index in [4.69, 9.17) is 4.74 Å². The highest BCUT2D eigenvalue weighted by molar-refractivity contribution is 9.10. The van der Waals surface area contributed by atoms with E-state index < -0.39 is 103 Å². The van der Waals surface area contributed by atoms with Crippen LogP contribution in [0.1, 0.15) is 38.8 Å². The normalized spacial score (nSPS) is 12.8. The van der Waals surface area contributed by atoms with Crippen LogP contribution >= 0.6 is 15.9 Å². The Hall–Kier alpha value is -4.27. The number of carbonyl (C=O) groups is 3. The minimum absolute atomic E-state index is 0.209. The number of halogens is 12. The van der Waals surface area contributed by atoms with Crippen LogP contribution in [-0.4, -0.2) is 58.0 Å². The minimum atomic E-state index is -6.79. The first-order chi connectivity index (χ1) is 22.8. The van der Waals surface area contributed by atoms with Crippen LogP contribution in [0.25, 0.3) is 0 Å². The number of sulfone groups is 1. The van der Waals surface area contributed by atoms with Crippen molar-refractivity contribution < 1.29 is 75.8 Å². The van der Waals surface area contributed by atoms with Gasteiger partial charge in [-0.05, 0) is 71.4 Å². The van der Waals surface area contributed by atoms with Crippen LogP contribution in [0.2, 0.25) is 0 Å². The molecule has 3 aromatic carbocycles. The largest absolute Gasteiger partial charge is 0.465 e. The molecule has 0 spiro atoms. The molecule has 0 radical (unpaired) electrons. The second kappa shape index (κ2) is 14.2. The quantitative estimate of drug-likeness (QED) is 0.175. The van der Waals surface area contributed by atoms with Crippen LogP contribution in [0, 0.1) is 5.82 Å². The van der Waals surface area contributed by atoms with Crippen molar-refractivity contribution >= 4 is 54.9 Å². The first-order valence-corrected chi connectivity index (χ1v) is 16.0. The van der Waals surface area contributed by atoms with Gasteiger partial charge in [-0.3, -0.25) is 19.3 Å². The van der Waals surface area contributed by atoms with Gasteiger partial charge in [0.2, 0.25) is 0 Å². The average Bonchev–Trinajstić information content (AvgIpc) is 2.98. The summed E-state index contributed by atoms with van der Waals surface area (Å²) in [6, 6.07) is 5.36. The summed E-state index contributed by atoms with van der Waals surface area (Å²) in [4.78, 5) is 39.1. The molecule has 0 saturated carbocycles. The fourth-order valence-electron chi connectivity index (χ4n) is 4.33. The summed E-state index contributed by atoms with van der Waals surface area (Å²) >= 11 is 2.33. The molecule has 2 amide bonds. The van der Waals surface area contributed by atoms with Crippen molar-refractivity contribution in [1.29, 1.82) is 0 Å². The second-order valence-corrected chi connectivity index (χ2v) is 13.0. The van der Waals surface area contributed by atoms with Gasteiger partial charge in [-0.2, -0.15) is 39.5 Å². The summed E-state index contributed by atoms with van der Waals surface area (Å²) in [6.45, 7) is 0.163. The zero-order chi connectivity index (χ0) is 38.2. The Morgan fingerprint density at radius 3 is 1.92 bits per heavy atom. The zero-order valence-corrected chi connectivity index (χ0v) is 27.4. The third-order valence-electron chi connectivity index (χ3n) is 6.69. The van der Waals surface area contributed by atoms with Crippen molar-refractivity contribution in [3.8, 4) is 0 Å². The molecule has 8 nitrogen and oxygen atoms in total. The number of esters is 1. The van der Waals surface area contributed by atoms with Crippen LogP contribution in [0.5, 0.6) is 0 Å². The van der Waals surface area contributed by atoms with Crippen molar-refractivity contribution in [2.75, 3.05) is 29.6 Å². The van der Waals surface area contributed by atoms with Gasteiger partial charge in [0.05, 0.1) is 34.0 Å². The van der Waals surface area contributed by atoms with Gasteiger partial charge in [-0.25, -0.2) is 17.2 Å². The molecule has 3 rings (SSSR count). The highest BCUT2D eigenvalue weighted by Gasteiger charge is 2.73. The van der Waals surface area contributed by atoms with Crippen LogP contribution in [0.4, 0.5) is 59.7 Å². The number of carbonyl (C=O) groups excluding carboxylic acids is 3. The number of benzene rings is 3. The maximum absolute atomic E-state index is 15.9. The Morgan fingerprint density at radius 2 is 1.44 bits per heavy atom. The van der Waals surface area contributed by atoms with Gasteiger partial charge in [-0.15, -0.1) is 0 Å². The molecule has 0 bridgehead atoms. The summed E-state index contributed by atoms with van der Waals surface area (Å²) in [7, 11) is -3.73. The molecular weight excluding hydrogens is 793 g/mol. The first-order valence-electron chi connectivity index (χ1n) is 13.4. The molecule has 3 aromatic rings. The summed E-state index contributed by atoms with van der Waals surface area (Å²) in [5.41, 5.74) is -15.0. The summed E-state index contributed by atoms with van der Waals surface area (Å²) < 4.78 is 179. The molecule has 0 aromatic heterocycles. The number of hydrogen-bond donors (Lipinski definition) is 1. The molecule has 50 heavy (non-hydrogen) atoms. The molecule has 0 aliphatic heterocycles. The van der Waals surface area contributed by atoms with E-state index in [2.05, 4.69) is 15.9 Å². The molecule has 0 aliphatic rings. The van der Waals surface area contributed by atoms with Gasteiger partial charge in [0.1, 0.15) is 6.54 Å². The van der Waals surface area contributed by atoms with Gasteiger partial charge >= 0.3 is 30.2 Å². The van der Waals surface area contributed by atoms with Crippen LogP contribution in [0.3, 0.4) is 0 Å². The number of anilines is 2. The van der Waals surface area contributed by atoms with Gasteiger partial charge < -0.3 is 10.1 Å². The molecule has 0 saturated heterocycles. The number of nitrogens with one attached hydrogen (secondary N) is 1. The van der Waals surface area contributed by atoms with E-state index >= 15 is 4.39 Å². The van der Waals surface area contributed by atoms with Crippen LogP contribution in [0.15, 0.2) is 64.0 Å². The predicted octanol–water partition coefficient (Wildman–Crippen LogP) is 7.76. The topological polar surface area (TPSA) is 110 Å². The molecule has 1 N–H and O–H groups in total. The average molecular weight is 813 g/mol. The van der Waals surface area contributed by atoms with Crippen molar-refractivity contribution in [3.05, 3.63) is 87.1 Å². The Bertz CT molecular complexity index is 1900. The molecule has 21 heteroatoms. The van der Waals surface area contributed by atoms with E-state index in [1.54, 1.807) is 0 Å². The van der Waals surface area contributed by atoms with E-state index in [0.29, 0.717) is 11.0 Å². The minimum Gasteiger partial charge on any atom is -0.465 e. The molecule has 0 unspecified atom stereocenters. The lowest BCUT2D eigenvalue weighted by molar-refractivity contribution is -0.348. The standard InChI is InChI=1S/C29H20BrF11N2O6S/c1-3-49-21(44)13-43(25(46)14-7-9-16(10-8-14)50(2,47)48)20-6-4-5-17(22(20)31)24(45)42-23-18(27(33,34)35)11-15(12-19(23)30)26(32,28(36,37)38)29(39,40)41/h4-12H,3,13H2,1-2H3,(H,42,45). The molecule has 0 aliphatic carbocycles. The van der Waals surface area contributed by atoms with E-state index in [0.717, 1.165) is 42.7 Å². The fourth-order valence-corrected chi connectivity index (χ4v) is 5.52. The number of amides is 2. The van der Waals surface area contributed by atoms with E-state index in [1.165, 1.54) is 12.2 Å². The van der Waals surface area contributed by atoms with E-state index in [1.807, 2.05) is 0 Å². The maximum Gasteiger partial charge on any atom is 0.435 e. The van der Waals surface area contributed by atoms with Crippen molar-refractivity contribution in [1.82, 2.24) is 0 Å². The third-order valence-corrected chi connectivity index (χ3v) is 8.45. The Kier molecular flexibility index (Phi) is 11.4. The van der Waals surface area contributed by atoms with Gasteiger partial charge in [0.25, 0.3) is 11.8 Å². The predicted molar refractivity (Wildman–Crippen MR) is 156 cm³/mol. The van der Waals surface area contributed by atoms with E-state index in [9.17, 15) is 66.7 Å². The van der Waals surface area contributed by atoms with E-state index in [-0.39, 0.29) is 23.1 Å². The van der Waals surface area contributed by atoms with Crippen molar-refractivity contribution in [2.24, 2.45) is 0 Å². The lowest BCUT2D eigenvalue weighted by atomic mass is 9.92. The Balaban J connectivity index is 2.14. The second-order valence-electron chi connectivity index (χ2n) is 10.1. The smallest absolute Gasteiger partial charge is 0.435 e. The first kappa shape index (κ1) is 40.2. The van der Waals surface area contributed by atoms with Gasteiger partial charge in [0, 0.05) is 21.9 Å². The Labute approximate surface area is 283 Å². The molecule has 272 valence electrons. The van der Waals surface area contributed by atoms with Crippen molar-refractivity contribution in [2.45, 2.75) is 36.0 Å². The number of hydrogen-bond acceptors (Lipinski definition) is 6. The third kappa shape index (κ3) is 8.19. The summed E-state index contributed by atoms with van der Waals surface area (Å²) in [6.07, 6.45) is -18.5. The highest BCUT2D eigenvalue weighted by atomic mass is 79.9. The molecule has 0 fully saturated rings.